The monoisotopic (exact) mass is 440 g/mol. The fraction of sp³-hybridized carbons (Fsp3) is 0.364. The number of aryl methyl sites for hydroxylation is 2. The number of aromatic nitrogens is 3. The number of nitrogens with one attached hydrogen (secondary N) is 1. The Hall–Kier alpha value is -2.88. The number of carbonyl (C=O) groups is 1. The van der Waals surface area contributed by atoms with Crippen LogP contribution in [0.25, 0.3) is 10.4 Å². The fourth-order valence-corrected chi connectivity index (χ4v) is 4.93. The molecule has 2 aromatic heterocycles. The van der Waals surface area contributed by atoms with Gasteiger partial charge in [0.15, 0.2) is 0 Å². The van der Waals surface area contributed by atoms with Gasteiger partial charge in [0.25, 0.3) is 0 Å². The summed E-state index contributed by atoms with van der Waals surface area (Å²) in [6.07, 6.45) is 2.67. The van der Waals surface area contributed by atoms with Gasteiger partial charge < -0.3 is 20.6 Å². The Morgan fingerprint density at radius 3 is 2.77 bits per heavy atom. The number of rotatable bonds is 5. The molecule has 0 bridgehead atoms. The van der Waals surface area contributed by atoms with Crippen molar-refractivity contribution in [3.8, 4) is 10.4 Å². The first kappa shape index (κ1) is 21.4. The van der Waals surface area contributed by atoms with E-state index in [0.29, 0.717) is 17.4 Å². The van der Waals surface area contributed by atoms with Crippen molar-refractivity contribution >= 4 is 28.9 Å². The molecule has 1 aliphatic carbocycles. The molecule has 0 radical (unpaired) electrons. The first-order chi connectivity index (χ1) is 14.7. The third-order valence-electron chi connectivity index (χ3n) is 5.57. The molecule has 3 unspecified atom stereocenters. The quantitative estimate of drug-likeness (QED) is 0.475. The Labute approximate surface area is 183 Å². The van der Waals surface area contributed by atoms with Crippen LogP contribution >= 0.6 is 11.3 Å². The minimum atomic E-state index is -1.53. The van der Waals surface area contributed by atoms with Crippen molar-refractivity contribution in [2.24, 2.45) is 5.92 Å². The van der Waals surface area contributed by atoms with Crippen LogP contribution in [0, 0.1) is 19.8 Å². The summed E-state index contributed by atoms with van der Waals surface area (Å²) < 4.78 is 0. The van der Waals surface area contributed by atoms with E-state index in [2.05, 4.69) is 20.3 Å². The molecule has 31 heavy (non-hydrogen) atoms. The molecule has 4 rings (SSSR count). The SMILES string of the molecule is Cc1cc(Nc2nccc(C)n2)cc(-c2cnc(C3(O)CCC(C(=O)O)CC3O)s2)c1. The minimum Gasteiger partial charge on any atom is -0.481 e. The molecule has 3 atom stereocenters. The van der Waals surface area contributed by atoms with E-state index in [1.807, 2.05) is 38.1 Å². The van der Waals surface area contributed by atoms with Gasteiger partial charge in [-0.15, -0.1) is 11.3 Å². The summed E-state index contributed by atoms with van der Waals surface area (Å²) in [5.74, 6) is -1.09. The highest BCUT2D eigenvalue weighted by atomic mass is 32.1. The average Bonchev–Trinajstić information content (AvgIpc) is 3.20. The molecule has 0 spiro atoms. The molecular weight excluding hydrogens is 416 g/mol. The highest BCUT2D eigenvalue weighted by Gasteiger charge is 2.46. The van der Waals surface area contributed by atoms with Crippen LogP contribution in [0.5, 0.6) is 0 Å². The summed E-state index contributed by atoms with van der Waals surface area (Å²) in [7, 11) is 0. The van der Waals surface area contributed by atoms with Crippen LogP contribution in [0.3, 0.4) is 0 Å². The summed E-state index contributed by atoms with van der Waals surface area (Å²) >= 11 is 1.30. The van der Waals surface area contributed by atoms with Crippen LogP contribution in [0.1, 0.15) is 35.5 Å². The number of carboxylic acid groups (broad SMARTS) is 1. The van der Waals surface area contributed by atoms with Gasteiger partial charge in [-0.2, -0.15) is 0 Å². The van der Waals surface area contributed by atoms with E-state index in [-0.39, 0.29) is 12.8 Å². The van der Waals surface area contributed by atoms with Crippen LogP contribution in [0.15, 0.2) is 36.7 Å². The highest BCUT2D eigenvalue weighted by molar-refractivity contribution is 7.15. The van der Waals surface area contributed by atoms with Gasteiger partial charge >= 0.3 is 5.97 Å². The molecule has 1 saturated carbocycles. The fourth-order valence-electron chi connectivity index (χ4n) is 3.86. The lowest BCUT2D eigenvalue weighted by atomic mass is 9.77. The Bertz CT molecular complexity index is 1120. The molecular formula is C22H24N4O4S. The highest BCUT2D eigenvalue weighted by Crippen LogP contribution is 2.43. The van der Waals surface area contributed by atoms with E-state index in [9.17, 15) is 20.1 Å². The van der Waals surface area contributed by atoms with Crippen molar-refractivity contribution < 1.29 is 20.1 Å². The van der Waals surface area contributed by atoms with Gasteiger partial charge in [0, 0.05) is 23.8 Å². The number of anilines is 2. The lowest BCUT2D eigenvalue weighted by Gasteiger charge is -2.37. The predicted octanol–water partition coefficient (Wildman–Crippen LogP) is 3.39. The zero-order valence-electron chi connectivity index (χ0n) is 17.2. The number of thiazole rings is 1. The Balaban J connectivity index is 1.59. The van der Waals surface area contributed by atoms with E-state index >= 15 is 0 Å². The molecule has 162 valence electrons. The van der Waals surface area contributed by atoms with Crippen LogP contribution in [-0.2, 0) is 10.4 Å². The van der Waals surface area contributed by atoms with Crippen molar-refractivity contribution in [3.63, 3.8) is 0 Å². The third kappa shape index (κ3) is 4.43. The van der Waals surface area contributed by atoms with Crippen LogP contribution in [0.2, 0.25) is 0 Å². The van der Waals surface area contributed by atoms with Gasteiger partial charge in [-0.25, -0.2) is 15.0 Å². The predicted molar refractivity (Wildman–Crippen MR) is 117 cm³/mol. The number of hydrogen-bond donors (Lipinski definition) is 4. The standard InChI is InChI=1S/C22H24N4O4S/c1-12-7-15(9-16(8-12)26-21-23-6-4-13(2)25-21)17-11-24-20(31-17)22(30)5-3-14(19(28)29)10-18(22)27/h4,6-9,11,14,18,27,30H,3,5,10H2,1-2H3,(H,28,29)(H,23,25,26). The maximum Gasteiger partial charge on any atom is 0.306 e. The number of nitrogens with zero attached hydrogens (tertiary/aromatic N) is 3. The second-order valence-corrected chi connectivity index (χ2v) is 9.04. The van der Waals surface area contributed by atoms with Gasteiger partial charge in [0.1, 0.15) is 10.6 Å². The lowest BCUT2D eigenvalue weighted by Crippen LogP contribution is -2.45. The normalized spacial score (nSPS) is 23.5. The molecule has 3 aromatic rings. The molecule has 1 aliphatic rings. The molecule has 8 nitrogen and oxygen atoms in total. The summed E-state index contributed by atoms with van der Waals surface area (Å²) in [5, 5.41) is 34.4. The number of benzene rings is 1. The van der Waals surface area contributed by atoms with E-state index in [1.165, 1.54) is 11.3 Å². The van der Waals surface area contributed by atoms with Crippen molar-refractivity contribution in [3.05, 3.63) is 52.9 Å². The van der Waals surface area contributed by atoms with Crippen molar-refractivity contribution in [1.29, 1.82) is 0 Å². The summed E-state index contributed by atoms with van der Waals surface area (Å²) in [4.78, 5) is 25.0. The number of aliphatic carboxylic acids is 1. The van der Waals surface area contributed by atoms with Gasteiger partial charge in [-0.05, 0) is 62.4 Å². The third-order valence-corrected chi connectivity index (χ3v) is 6.78. The Morgan fingerprint density at radius 2 is 2.06 bits per heavy atom. The van der Waals surface area contributed by atoms with E-state index in [0.717, 1.165) is 27.4 Å². The summed E-state index contributed by atoms with van der Waals surface area (Å²) in [5.41, 5.74) is 2.10. The largest absolute Gasteiger partial charge is 0.481 e. The topological polar surface area (TPSA) is 128 Å². The van der Waals surface area contributed by atoms with Crippen molar-refractivity contribution in [2.75, 3.05) is 5.32 Å². The molecule has 1 fully saturated rings. The minimum absolute atomic E-state index is 0.00967. The second-order valence-electron chi connectivity index (χ2n) is 8.01. The maximum absolute atomic E-state index is 11.2. The molecule has 0 aliphatic heterocycles. The lowest BCUT2D eigenvalue weighted by molar-refractivity contribution is -0.155. The van der Waals surface area contributed by atoms with Gasteiger partial charge in [0.2, 0.25) is 5.95 Å². The van der Waals surface area contributed by atoms with Crippen LogP contribution in [0.4, 0.5) is 11.6 Å². The van der Waals surface area contributed by atoms with Gasteiger partial charge in [-0.3, -0.25) is 4.79 Å². The van der Waals surface area contributed by atoms with E-state index < -0.39 is 23.6 Å². The Kier molecular flexibility index (Phi) is 5.74. The van der Waals surface area contributed by atoms with Crippen molar-refractivity contribution in [2.45, 2.75) is 44.8 Å². The molecule has 2 heterocycles. The number of aliphatic hydroxyl groups is 2. The number of carboxylic acids is 1. The van der Waals surface area contributed by atoms with E-state index in [4.69, 9.17) is 0 Å². The summed E-state index contributed by atoms with van der Waals surface area (Å²) in [6, 6.07) is 7.79. The molecule has 4 N–H and O–H groups in total. The van der Waals surface area contributed by atoms with Crippen LogP contribution in [-0.4, -0.2) is 42.3 Å². The molecule has 9 heteroatoms. The maximum atomic E-state index is 11.2. The average molecular weight is 441 g/mol. The van der Waals surface area contributed by atoms with Crippen molar-refractivity contribution in [1.82, 2.24) is 15.0 Å². The van der Waals surface area contributed by atoms with Gasteiger partial charge in [-0.1, -0.05) is 6.07 Å². The van der Waals surface area contributed by atoms with Crippen LogP contribution < -0.4 is 5.32 Å². The zero-order valence-corrected chi connectivity index (χ0v) is 18.1. The molecule has 1 aromatic carbocycles. The first-order valence-electron chi connectivity index (χ1n) is 10.0. The smallest absolute Gasteiger partial charge is 0.306 e. The zero-order chi connectivity index (χ0) is 22.2. The summed E-state index contributed by atoms with van der Waals surface area (Å²) in [6.45, 7) is 3.88. The molecule has 0 amide bonds. The van der Waals surface area contributed by atoms with E-state index in [1.54, 1.807) is 12.4 Å². The number of hydrogen-bond acceptors (Lipinski definition) is 8. The first-order valence-corrected chi connectivity index (χ1v) is 10.8. The van der Waals surface area contributed by atoms with Gasteiger partial charge in [0.05, 0.1) is 16.9 Å². The second kappa shape index (κ2) is 8.33. The molecule has 0 saturated heterocycles. The Morgan fingerprint density at radius 1 is 1.26 bits per heavy atom. The number of aliphatic hydroxyl groups excluding tert-OH is 1.